The number of anilines is 1. The number of nitrogens with two attached hydrogens (primary N) is 1. The number of ether oxygens (including phenoxy) is 1. The van der Waals surface area contributed by atoms with E-state index in [1.54, 1.807) is 36.4 Å². The predicted molar refractivity (Wildman–Crippen MR) is 170 cm³/mol. The number of fused-ring (bicyclic) bond motifs is 1. The molecule has 6 rings (SSSR count). The number of rotatable bonds is 8. The Hall–Kier alpha value is -4.40. The molecule has 1 aliphatic rings. The molecule has 7 nitrogen and oxygen atoms in total. The fourth-order valence-electron chi connectivity index (χ4n) is 5.82. The highest BCUT2D eigenvalue weighted by Crippen LogP contribution is 2.34. The summed E-state index contributed by atoms with van der Waals surface area (Å²) < 4.78 is 22.7. The van der Waals surface area contributed by atoms with Crippen LogP contribution in [-0.2, 0) is 0 Å². The van der Waals surface area contributed by atoms with Crippen LogP contribution < -0.4 is 10.5 Å². The Balaban J connectivity index is 1.25. The monoisotopic (exact) mass is 597 g/mol. The maximum Gasteiger partial charge on any atom is 0.214 e. The maximum absolute atomic E-state index is 15.2. The van der Waals surface area contributed by atoms with Gasteiger partial charge in [-0.1, -0.05) is 30.3 Å². The van der Waals surface area contributed by atoms with Crippen LogP contribution in [-0.4, -0.2) is 44.6 Å². The molecule has 1 saturated heterocycles. The molecular weight excluding hydrogens is 565 g/mol. The summed E-state index contributed by atoms with van der Waals surface area (Å²) in [6.07, 6.45) is 4.92. The summed E-state index contributed by atoms with van der Waals surface area (Å²) in [5.41, 5.74) is 9.80. The summed E-state index contributed by atoms with van der Waals surface area (Å²) in [7, 11) is 0. The quantitative estimate of drug-likeness (QED) is 0.177. The minimum atomic E-state index is -0.326. The molecule has 220 valence electrons. The van der Waals surface area contributed by atoms with Gasteiger partial charge in [0.2, 0.25) is 5.78 Å². The first kappa shape index (κ1) is 28.7. The average Bonchev–Trinajstić information content (AvgIpc) is 3.59. The van der Waals surface area contributed by atoms with E-state index in [1.165, 1.54) is 16.9 Å². The van der Waals surface area contributed by atoms with E-state index in [0.717, 1.165) is 31.4 Å². The first-order chi connectivity index (χ1) is 20.7. The van der Waals surface area contributed by atoms with E-state index in [0.29, 0.717) is 50.5 Å². The standard InChI is InChI=1S/C34H33ClFN5O2/c1-4-21-14-26(43-25-7-5-6-24(35)17-25)8-9-32(21)41-34(37)28(19-38-41)33(42)31-16-23-15-29(36)27(18-30(23)39-31)22-10-12-40(13-11-22)20(2)3/h4-9,14-20,22,39H,1,10-13,37H2,2-3H3. The minimum Gasteiger partial charge on any atom is -0.457 e. The van der Waals surface area contributed by atoms with Crippen LogP contribution in [0.5, 0.6) is 11.5 Å². The number of hydrogen-bond donors (Lipinski definition) is 2. The number of nitrogens with zero attached hydrogens (tertiary/aromatic N) is 3. The lowest BCUT2D eigenvalue weighted by Crippen LogP contribution is -2.38. The molecule has 1 aliphatic heterocycles. The van der Waals surface area contributed by atoms with Crippen LogP contribution in [0.4, 0.5) is 10.2 Å². The Morgan fingerprint density at radius 3 is 2.63 bits per heavy atom. The molecule has 0 bridgehead atoms. The van der Waals surface area contributed by atoms with Crippen LogP contribution in [0.1, 0.15) is 59.8 Å². The first-order valence-corrected chi connectivity index (χ1v) is 14.7. The molecule has 0 atom stereocenters. The van der Waals surface area contributed by atoms with E-state index in [2.05, 4.69) is 35.4 Å². The number of aromatic nitrogens is 3. The average molecular weight is 598 g/mol. The highest BCUT2D eigenvalue weighted by atomic mass is 35.5. The summed E-state index contributed by atoms with van der Waals surface area (Å²) in [6.45, 7) is 10.2. The fourth-order valence-corrected chi connectivity index (χ4v) is 6.00. The van der Waals surface area contributed by atoms with E-state index in [9.17, 15) is 4.79 Å². The van der Waals surface area contributed by atoms with E-state index < -0.39 is 0 Å². The fraction of sp³-hybridized carbons (Fsp3) is 0.235. The van der Waals surface area contributed by atoms with Crippen molar-refractivity contribution < 1.29 is 13.9 Å². The van der Waals surface area contributed by atoms with E-state index in [-0.39, 0.29) is 28.9 Å². The van der Waals surface area contributed by atoms with E-state index >= 15 is 4.39 Å². The number of H-pyrrole nitrogens is 1. The number of halogens is 2. The predicted octanol–water partition coefficient (Wildman–Crippen LogP) is 7.98. The van der Waals surface area contributed by atoms with Crippen molar-refractivity contribution in [2.45, 2.75) is 38.6 Å². The molecule has 5 aromatic rings. The van der Waals surface area contributed by atoms with Gasteiger partial charge in [-0.05, 0) is 106 Å². The molecule has 3 heterocycles. The summed E-state index contributed by atoms with van der Waals surface area (Å²) in [4.78, 5) is 19.2. The van der Waals surface area contributed by atoms with Crippen molar-refractivity contribution >= 4 is 40.2 Å². The molecule has 0 radical (unpaired) electrons. The molecule has 9 heteroatoms. The first-order valence-electron chi connectivity index (χ1n) is 14.4. The number of nitrogen functional groups attached to an aromatic ring is 1. The number of aromatic amines is 1. The Morgan fingerprint density at radius 2 is 1.91 bits per heavy atom. The summed E-state index contributed by atoms with van der Waals surface area (Å²) >= 11 is 6.08. The summed E-state index contributed by atoms with van der Waals surface area (Å²) in [6, 6.07) is 18.0. The Bertz CT molecular complexity index is 1830. The van der Waals surface area contributed by atoms with Gasteiger partial charge in [-0.25, -0.2) is 9.07 Å². The third-order valence-electron chi connectivity index (χ3n) is 8.21. The molecule has 0 spiro atoms. The van der Waals surface area contributed by atoms with Crippen LogP contribution in [0.2, 0.25) is 5.02 Å². The van der Waals surface area contributed by atoms with E-state index in [4.69, 9.17) is 22.1 Å². The molecule has 1 fully saturated rings. The van der Waals surface area contributed by atoms with Crippen molar-refractivity contribution in [2.24, 2.45) is 0 Å². The zero-order valence-corrected chi connectivity index (χ0v) is 24.9. The van der Waals surface area contributed by atoms with Crippen LogP contribution in [0, 0.1) is 5.82 Å². The Labute approximate surface area is 254 Å². The van der Waals surface area contributed by atoms with Gasteiger partial charge in [0, 0.05) is 27.5 Å². The van der Waals surface area contributed by atoms with Crippen LogP contribution in [0.3, 0.4) is 0 Å². The number of likely N-dealkylation sites (tertiary alicyclic amines) is 1. The lowest BCUT2D eigenvalue weighted by molar-refractivity contribution is 0.103. The SMILES string of the molecule is C=Cc1cc(Oc2cccc(Cl)c2)ccc1-n1ncc(C(=O)c2cc3cc(F)c(C4CCN(C(C)C)CC4)cc3[nH]2)c1N. The second kappa shape index (κ2) is 11.7. The van der Waals surface area contributed by atoms with Gasteiger partial charge < -0.3 is 20.4 Å². The Morgan fingerprint density at radius 1 is 1.14 bits per heavy atom. The van der Waals surface area contributed by atoms with Crippen molar-refractivity contribution in [2.75, 3.05) is 18.8 Å². The highest BCUT2D eigenvalue weighted by Gasteiger charge is 2.26. The Kier molecular flexibility index (Phi) is 7.81. The van der Waals surface area contributed by atoms with Crippen molar-refractivity contribution in [3.63, 3.8) is 0 Å². The van der Waals surface area contributed by atoms with Crippen LogP contribution >= 0.6 is 11.6 Å². The van der Waals surface area contributed by atoms with Gasteiger partial charge in [-0.15, -0.1) is 0 Å². The normalized spacial score (nSPS) is 14.4. The summed E-state index contributed by atoms with van der Waals surface area (Å²) in [5.74, 6) is 0.951. The zero-order valence-electron chi connectivity index (χ0n) is 24.1. The maximum atomic E-state index is 15.2. The third kappa shape index (κ3) is 5.68. The number of benzene rings is 3. The van der Waals surface area contributed by atoms with Gasteiger partial charge in [0.15, 0.2) is 0 Å². The van der Waals surface area contributed by atoms with E-state index in [1.807, 2.05) is 24.3 Å². The molecule has 2 aromatic heterocycles. The van der Waals surface area contributed by atoms with Crippen LogP contribution in [0.15, 0.2) is 73.4 Å². The number of hydrogen-bond acceptors (Lipinski definition) is 5. The molecular formula is C34H33ClFN5O2. The van der Waals surface area contributed by atoms with Crippen molar-refractivity contribution in [3.8, 4) is 17.2 Å². The molecule has 3 aromatic carbocycles. The molecule has 0 aliphatic carbocycles. The second-order valence-corrected chi connectivity index (χ2v) is 11.7. The number of nitrogens with one attached hydrogen (secondary N) is 1. The lowest BCUT2D eigenvalue weighted by Gasteiger charge is -2.34. The van der Waals surface area contributed by atoms with Gasteiger partial charge in [-0.2, -0.15) is 5.10 Å². The highest BCUT2D eigenvalue weighted by molar-refractivity contribution is 6.30. The second-order valence-electron chi connectivity index (χ2n) is 11.2. The zero-order chi connectivity index (χ0) is 30.2. The van der Waals surface area contributed by atoms with Gasteiger partial charge in [-0.3, -0.25) is 4.79 Å². The van der Waals surface area contributed by atoms with Gasteiger partial charge in [0.05, 0.1) is 23.1 Å². The molecule has 0 saturated carbocycles. The smallest absolute Gasteiger partial charge is 0.214 e. The molecule has 3 N–H and O–H groups in total. The molecule has 43 heavy (non-hydrogen) atoms. The topological polar surface area (TPSA) is 89.2 Å². The van der Waals surface area contributed by atoms with Gasteiger partial charge >= 0.3 is 0 Å². The largest absolute Gasteiger partial charge is 0.457 e. The number of piperidine rings is 1. The van der Waals surface area contributed by atoms with Crippen molar-refractivity contribution in [1.82, 2.24) is 19.7 Å². The van der Waals surface area contributed by atoms with Gasteiger partial charge in [0.25, 0.3) is 0 Å². The van der Waals surface area contributed by atoms with Crippen molar-refractivity contribution in [3.05, 3.63) is 107 Å². The van der Waals surface area contributed by atoms with Crippen molar-refractivity contribution in [1.29, 1.82) is 0 Å². The third-order valence-corrected chi connectivity index (χ3v) is 8.45. The number of ketones is 1. The number of carbonyl (C=O) groups is 1. The summed E-state index contributed by atoms with van der Waals surface area (Å²) in [5, 5.41) is 5.63. The number of carbonyl (C=O) groups excluding carboxylic acids is 1. The minimum absolute atomic E-state index is 0.150. The lowest BCUT2D eigenvalue weighted by atomic mass is 9.88. The van der Waals surface area contributed by atoms with Crippen LogP contribution in [0.25, 0.3) is 22.7 Å². The molecule has 0 amide bonds. The molecule has 0 unspecified atom stereocenters. The van der Waals surface area contributed by atoms with Gasteiger partial charge in [0.1, 0.15) is 23.1 Å².